The maximum absolute atomic E-state index is 14.5. The number of rotatable bonds is 10. The molecule has 18 heteroatoms. The van der Waals surface area contributed by atoms with E-state index in [4.69, 9.17) is 18.9 Å². The summed E-state index contributed by atoms with van der Waals surface area (Å²) in [6.45, 7) is 10.4. The van der Waals surface area contributed by atoms with Crippen LogP contribution in [0.4, 0.5) is 9.59 Å². The van der Waals surface area contributed by atoms with Crippen molar-refractivity contribution in [3.63, 3.8) is 0 Å². The molecule has 0 radical (unpaired) electrons. The van der Waals surface area contributed by atoms with Crippen LogP contribution in [0.3, 0.4) is 0 Å². The topological polar surface area (TPSA) is 202 Å². The van der Waals surface area contributed by atoms with Gasteiger partial charge in [0.1, 0.15) is 35.1 Å². The van der Waals surface area contributed by atoms with Gasteiger partial charge in [0.25, 0.3) is 5.91 Å². The summed E-state index contributed by atoms with van der Waals surface area (Å²) in [6, 6.07) is 3.52. The molecule has 5 amide bonds. The normalized spacial score (nSPS) is 28.2. The maximum Gasteiger partial charge on any atom is 0.410 e. The molecule has 60 heavy (non-hydrogen) atoms. The maximum atomic E-state index is 14.5. The zero-order valence-corrected chi connectivity index (χ0v) is 35.8. The number of nitrogens with zero attached hydrogens (tertiary/aromatic N) is 3. The number of morpholine rings is 1. The van der Waals surface area contributed by atoms with Crippen LogP contribution in [-0.4, -0.2) is 134 Å². The minimum absolute atomic E-state index is 0.0791. The van der Waals surface area contributed by atoms with Crippen molar-refractivity contribution in [2.75, 3.05) is 46.0 Å². The average Bonchev–Trinajstić information content (AvgIpc) is 4.08. The zero-order chi connectivity index (χ0) is 42.7. The van der Waals surface area contributed by atoms with Gasteiger partial charge in [-0.1, -0.05) is 31.1 Å². The molecule has 5 atom stereocenters. The highest BCUT2D eigenvalue weighted by Gasteiger charge is 2.62. The number of sulfonamides is 1. The molecule has 7 rings (SSSR count). The van der Waals surface area contributed by atoms with E-state index in [1.807, 2.05) is 30.4 Å². The SMILES string of the molecule is CC(C)(C)OC(=O)N[C@H]1CCCCC/C=C\[C@H]2C[C@@]2(C(=O)NS(=O)(=O)C2CC2)NC(=O)C2C[C@@H](OC(=O)N3Cc4ccc(OCCCN5CCOCC5)cc4C3)CN2C1=O. The minimum atomic E-state index is -3.92. The van der Waals surface area contributed by atoms with E-state index in [0.29, 0.717) is 38.8 Å². The van der Waals surface area contributed by atoms with E-state index in [0.717, 1.165) is 69.0 Å². The second kappa shape index (κ2) is 18.3. The predicted molar refractivity (Wildman–Crippen MR) is 218 cm³/mol. The third-order valence-electron chi connectivity index (χ3n) is 12.0. The Kier molecular flexibility index (Phi) is 13.3. The lowest BCUT2D eigenvalue weighted by molar-refractivity contribution is -0.141. The van der Waals surface area contributed by atoms with Crippen molar-refractivity contribution in [1.29, 1.82) is 0 Å². The Morgan fingerprint density at radius 2 is 1.78 bits per heavy atom. The number of alkyl carbamates (subject to hydrolysis) is 1. The van der Waals surface area contributed by atoms with Gasteiger partial charge in [0.2, 0.25) is 21.8 Å². The molecule has 1 aromatic carbocycles. The second-order valence-electron chi connectivity index (χ2n) is 17.9. The third kappa shape index (κ3) is 10.9. The van der Waals surface area contributed by atoms with Gasteiger partial charge in [-0.3, -0.25) is 28.9 Å². The van der Waals surface area contributed by atoms with Gasteiger partial charge in [0.15, 0.2) is 0 Å². The van der Waals surface area contributed by atoms with E-state index < -0.39 is 80.4 Å². The lowest BCUT2D eigenvalue weighted by Crippen LogP contribution is -2.58. The van der Waals surface area contributed by atoms with Crippen LogP contribution in [0.1, 0.15) is 96.1 Å². The smallest absolute Gasteiger partial charge is 0.410 e. The van der Waals surface area contributed by atoms with Gasteiger partial charge in [-0.25, -0.2) is 18.0 Å². The Morgan fingerprint density at radius 3 is 2.53 bits per heavy atom. The van der Waals surface area contributed by atoms with Crippen molar-refractivity contribution in [1.82, 2.24) is 30.1 Å². The van der Waals surface area contributed by atoms with Crippen molar-refractivity contribution >= 4 is 39.9 Å². The largest absolute Gasteiger partial charge is 0.494 e. The molecule has 0 bridgehead atoms. The Bertz CT molecular complexity index is 1930. The van der Waals surface area contributed by atoms with Crippen LogP contribution >= 0.6 is 0 Å². The van der Waals surface area contributed by atoms with E-state index >= 15 is 0 Å². The Balaban J connectivity index is 1.04. The highest BCUT2D eigenvalue weighted by atomic mass is 32.2. The number of nitrogens with one attached hydrogen (secondary N) is 3. The molecular weight excluding hydrogens is 797 g/mol. The minimum Gasteiger partial charge on any atom is -0.494 e. The highest BCUT2D eigenvalue weighted by molar-refractivity contribution is 7.91. The van der Waals surface area contributed by atoms with Gasteiger partial charge in [-0.2, -0.15) is 0 Å². The van der Waals surface area contributed by atoms with Crippen LogP contribution in [0.5, 0.6) is 5.75 Å². The number of hydrogen-bond acceptors (Lipinski definition) is 12. The summed E-state index contributed by atoms with van der Waals surface area (Å²) in [4.78, 5) is 74.5. The van der Waals surface area contributed by atoms with Gasteiger partial charge in [-0.15, -0.1) is 0 Å². The quantitative estimate of drug-likeness (QED) is 0.230. The molecule has 4 fully saturated rings. The molecule has 0 spiro atoms. The lowest BCUT2D eigenvalue weighted by Gasteiger charge is -2.30. The fourth-order valence-electron chi connectivity index (χ4n) is 8.41. The van der Waals surface area contributed by atoms with Crippen LogP contribution in [0.2, 0.25) is 0 Å². The molecule has 1 unspecified atom stereocenters. The van der Waals surface area contributed by atoms with Crippen molar-refractivity contribution in [3.8, 4) is 5.75 Å². The Hall–Kier alpha value is -4.42. The molecule has 3 N–H and O–H groups in total. The number of fused-ring (bicyclic) bond motifs is 3. The molecule has 330 valence electrons. The summed E-state index contributed by atoms with van der Waals surface area (Å²) in [6.07, 6.45) is 6.41. The summed E-state index contributed by atoms with van der Waals surface area (Å²) in [5, 5.41) is 4.90. The van der Waals surface area contributed by atoms with Crippen LogP contribution in [0.15, 0.2) is 30.4 Å². The van der Waals surface area contributed by atoms with Gasteiger partial charge >= 0.3 is 12.2 Å². The number of ether oxygens (including phenoxy) is 4. The third-order valence-corrected chi connectivity index (χ3v) is 13.8. The molecule has 4 heterocycles. The van der Waals surface area contributed by atoms with E-state index in [-0.39, 0.29) is 32.4 Å². The molecule has 2 aliphatic carbocycles. The fraction of sp³-hybridized carbons (Fsp3) is 0.690. The standard InChI is InChI=1S/C42H60N6O11S/c1-41(2,3)59-39(52)43-34-11-8-6-4-5-7-10-30-24-42(30,38(51)45-60(54,55)33-14-15-33)44-36(49)35-23-32(27-48(35)37(34)50)58-40(53)47-25-28-12-13-31(22-29(28)26-47)57-19-9-16-46-17-20-56-21-18-46/h7,10,12-13,22,30,32-35H,4-6,8-9,11,14-21,23-27H2,1-3H3,(H,43,52)(H,44,49)(H,45,51)/b10-7-/t30-,32+,34-,35?,42+/m0/s1. The Labute approximate surface area is 352 Å². The number of amides is 5. The number of benzene rings is 1. The fourth-order valence-corrected chi connectivity index (χ4v) is 9.77. The van der Waals surface area contributed by atoms with Gasteiger partial charge < -0.3 is 34.5 Å². The first kappa shape index (κ1) is 43.7. The van der Waals surface area contributed by atoms with E-state index in [1.54, 1.807) is 25.7 Å². The van der Waals surface area contributed by atoms with E-state index in [2.05, 4.69) is 20.3 Å². The highest BCUT2D eigenvalue weighted by Crippen LogP contribution is 2.46. The molecule has 0 aromatic heterocycles. The zero-order valence-electron chi connectivity index (χ0n) is 34.9. The monoisotopic (exact) mass is 856 g/mol. The predicted octanol–water partition coefficient (Wildman–Crippen LogP) is 3.11. The van der Waals surface area contributed by atoms with E-state index in [9.17, 15) is 32.4 Å². The summed E-state index contributed by atoms with van der Waals surface area (Å²) in [5.74, 6) is -1.80. The van der Waals surface area contributed by atoms with E-state index in [1.165, 1.54) is 4.90 Å². The molecule has 17 nitrogen and oxygen atoms in total. The summed E-state index contributed by atoms with van der Waals surface area (Å²) < 4.78 is 50.9. The van der Waals surface area contributed by atoms with Gasteiger partial charge in [0, 0.05) is 45.1 Å². The van der Waals surface area contributed by atoms with Crippen molar-refractivity contribution in [3.05, 3.63) is 41.5 Å². The molecule has 4 aliphatic heterocycles. The number of hydrogen-bond donors (Lipinski definition) is 3. The van der Waals surface area contributed by atoms with Crippen LogP contribution in [-0.2, 0) is 51.7 Å². The number of carbonyl (C=O) groups excluding carboxylic acids is 5. The molecular formula is C42H60N6O11S. The van der Waals surface area contributed by atoms with Crippen molar-refractivity contribution in [2.45, 2.75) is 133 Å². The summed E-state index contributed by atoms with van der Waals surface area (Å²) >= 11 is 0. The molecule has 2 saturated carbocycles. The summed E-state index contributed by atoms with van der Waals surface area (Å²) in [5.41, 5.74) is -0.482. The van der Waals surface area contributed by atoms with Gasteiger partial charge in [-0.05, 0) is 89.0 Å². The average molecular weight is 857 g/mol. The number of allylic oxidation sites excluding steroid dienone is 1. The van der Waals surface area contributed by atoms with Crippen molar-refractivity contribution < 1.29 is 51.3 Å². The lowest BCUT2D eigenvalue weighted by atomic mass is 10.0. The first-order valence-corrected chi connectivity index (χ1v) is 23.0. The second-order valence-corrected chi connectivity index (χ2v) is 19.9. The van der Waals surface area contributed by atoms with Crippen molar-refractivity contribution in [2.24, 2.45) is 5.92 Å². The molecule has 2 saturated heterocycles. The molecule has 6 aliphatic rings. The van der Waals surface area contributed by atoms with Gasteiger partial charge in [0.05, 0.1) is 31.6 Å². The molecule has 1 aromatic rings. The number of carbonyl (C=O) groups is 5. The van der Waals surface area contributed by atoms with Crippen LogP contribution < -0.4 is 20.1 Å². The van der Waals surface area contributed by atoms with Crippen LogP contribution in [0, 0.1) is 5.92 Å². The Morgan fingerprint density at radius 1 is 1.02 bits per heavy atom. The summed E-state index contributed by atoms with van der Waals surface area (Å²) in [7, 11) is -3.92. The first-order valence-electron chi connectivity index (χ1n) is 21.5. The first-order chi connectivity index (χ1) is 28.6. The van der Waals surface area contributed by atoms with Crippen LogP contribution in [0.25, 0.3) is 0 Å².